The molecule has 0 spiro atoms. The molecule has 37 heavy (non-hydrogen) atoms. The molecule has 0 heterocycles. The van der Waals surface area contributed by atoms with Crippen molar-refractivity contribution in [3.05, 3.63) is 65.2 Å². The second-order valence-corrected chi connectivity index (χ2v) is 9.33. The van der Waals surface area contributed by atoms with Crippen LogP contribution < -0.4 is 21.3 Å². The van der Waals surface area contributed by atoms with Crippen LogP contribution in [0.4, 0.5) is 5.69 Å². The number of carbonyl (C=O) groups is 5. The van der Waals surface area contributed by atoms with E-state index in [0.29, 0.717) is 12.1 Å². The molecule has 2 rings (SSSR count). The second-order valence-electron chi connectivity index (χ2n) is 8.70. The van der Waals surface area contributed by atoms with Gasteiger partial charge in [0.05, 0.1) is 18.2 Å². The summed E-state index contributed by atoms with van der Waals surface area (Å²) in [5.74, 6) is -3.59. The molecule has 2 aromatic carbocycles. The van der Waals surface area contributed by atoms with Gasteiger partial charge < -0.3 is 26.4 Å². The van der Waals surface area contributed by atoms with Gasteiger partial charge in [-0.1, -0.05) is 42.0 Å². The number of nitrogens with one attached hydrogen (secondary N) is 4. The van der Waals surface area contributed by atoms with Crippen molar-refractivity contribution in [2.24, 2.45) is 0 Å². The number of anilines is 1. The fourth-order valence-corrected chi connectivity index (χ4v) is 3.50. The topological polar surface area (TPSA) is 154 Å². The van der Waals surface area contributed by atoms with Gasteiger partial charge in [0.2, 0.25) is 23.6 Å². The molecular weight excluding hydrogens is 496 g/mol. The number of benzene rings is 2. The maximum atomic E-state index is 12.6. The standard InChI is InChI=1S/C26H32N4O6S/c1-15-7-9-18(10-8-15)11-19-5-4-6-20(12-19)30-25(35)17(3)29-24(34)16(2)28-22(31)14-27-26(36)21(37)13-23(32)33/h4-10,12,16-17,21,37H,11,13-14H2,1-3H3,(H,27,36)(H,28,31)(H,29,34)(H,30,35)(H,32,33)/t16-,17-,21?/m0/s1. The van der Waals surface area contributed by atoms with Crippen LogP contribution in [0.5, 0.6) is 0 Å². The van der Waals surface area contributed by atoms with Crippen molar-refractivity contribution in [2.75, 3.05) is 11.9 Å². The number of hydrogen-bond acceptors (Lipinski definition) is 6. The van der Waals surface area contributed by atoms with Crippen molar-refractivity contribution in [1.82, 2.24) is 16.0 Å². The molecular formula is C26H32N4O6S. The van der Waals surface area contributed by atoms with E-state index in [1.807, 2.05) is 37.3 Å². The van der Waals surface area contributed by atoms with E-state index < -0.39 is 59.9 Å². The van der Waals surface area contributed by atoms with Gasteiger partial charge in [0, 0.05) is 5.69 Å². The van der Waals surface area contributed by atoms with Gasteiger partial charge in [0.25, 0.3) is 0 Å². The molecule has 198 valence electrons. The summed E-state index contributed by atoms with van der Waals surface area (Å²) in [4.78, 5) is 59.4. The average Bonchev–Trinajstić information content (AvgIpc) is 2.83. The summed E-state index contributed by atoms with van der Waals surface area (Å²) in [6, 6.07) is 13.8. The lowest BCUT2D eigenvalue weighted by atomic mass is 10.0. The zero-order chi connectivity index (χ0) is 27.5. The number of aliphatic carboxylic acids is 1. The lowest BCUT2D eigenvalue weighted by molar-refractivity contribution is -0.138. The van der Waals surface area contributed by atoms with Crippen LogP contribution in [0.1, 0.15) is 37.0 Å². The third-order valence-corrected chi connectivity index (χ3v) is 5.76. The Morgan fingerprint density at radius 1 is 0.865 bits per heavy atom. The van der Waals surface area contributed by atoms with Gasteiger partial charge in [-0.2, -0.15) is 12.6 Å². The molecule has 10 nitrogen and oxygen atoms in total. The summed E-state index contributed by atoms with van der Waals surface area (Å²) < 4.78 is 0. The molecule has 0 aliphatic rings. The Kier molecular flexibility index (Phi) is 11.1. The summed E-state index contributed by atoms with van der Waals surface area (Å²) in [6.07, 6.45) is 0.217. The highest BCUT2D eigenvalue weighted by molar-refractivity contribution is 7.81. The second kappa shape index (κ2) is 14.0. The summed E-state index contributed by atoms with van der Waals surface area (Å²) in [7, 11) is 0. The fraction of sp³-hybridized carbons (Fsp3) is 0.346. The number of carboxylic acid groups (broad SMARTS) is 1. The van der Waals surface area contributed by atoms with Gasteiger partial charge in [0.15, 0.2) is 0 Å². The molecule has 0 saturated heterocycles. The van der Waals surface area contributed by atoms with Crippen LogP contribution in [0.25, 0.3) is 0 Å². The first-order valence-electron chi connectivity index (χ1n) is 11.7. The lowest BCUT2D eigenvalue weighted by Gasteiger charge is -2.19. The molecule has 5 N–H and O–H groups in total. The number of rotatable bonds is 12. The highest BCUT2D eigenvalue weighted by Gasteiger charge is 2.22. The molecule has 0 aliphatic heterocycles. The Morgan fingerprint density at radius 2 is 1.51 bits per heavy atom. The molecule has 1 unspecified atom stereocenters. The summed E-state index contributed by atoms with van der Waals surface area (Å²) in [5, 5.41) is 17.6. The quantitative estimate of drug-likeness (QED) is 0.229. The van der Waals surface area contributed by atoms with Gasteiger partial charge in [-0.25, -0.2) is 0 Å². The molecule has 11 heteroatoms. The van der Waals surface area contributed by atoms with E-state index in [2.05, 4.69) is 46.0 Å². The van der Waals surface area contributed by atoms with Crippen LogP contribution in [0.15, 0.2) is 48.5 Å². The van der Waals surface area contributed by atoms with Crippen LogP contribution in [-0.2, 0) is 30.4 Å². The number of aryl methyl sites for hydroxylation is 1. The van der Waals surface area contributed by atoms with Gasteiger partial charge in [0.1, 0.15) is 12.1 Å². The third-order valence-electron chi connectivity index (χ3n) is 5.34. The molecule has 0 radical (unpaired) electrons. The first-order valence-corrected chi connectivity index (χ1v) is 12.2. The van der Waals surface area contributed by atoms with E-state index in [1.165, 1.54) is 19.4 Å². The lowest BCUT2D eigenvalue weighted by Crippen LogP contribution is -2.52. The van der Waals surface area contributed by atoms with E-state index in [9.17, 15) is 24.0 Å². The number of amides is 4. The van der Waals surface area contributed by atoms with Gasteiger partial charge in [-0.15, -0.1) is 0 Å². The largest absolute Gasteiger partial charge is 0.481 e. The van der Waals surface area contributed by atoms with Crippen molar-refractivity contribution < 1.29 is 29.1 Å². The predicted octanol–water partition coefficient (Wildman–Crippen LogP) is 1.42. The number of carbonyl (C=O) groups excluding carboxylic acids is 4. The van der Waals surface area contributed by atoms with Crippen molar-refractivity contribution in [1.29, 1.82) is 0 Å². The molecule has 4 amide bonds. The predicted molar refractivity (Wildman–Crippen MR) is 142 cm³/mol. The highest BCUT2D eigenvalue weighted by Crippen LogP contribution is 2.15. The minimum atomic E-state index is -1.20. The van der Waals surface area contributed by atoms with Crippen LogP contribution in [0.3, 0.4) is 0 Å². The van der Waals surface area contributed by atoms with Crippen LogP contribution in [0.2, 0.25) is 0 Å². The van der Waals surface area contributed by atoms with E-state index in [-0.39, 0.29) is 0 Å². The van der Waals surface area contributed by atoms with Crippen molar-refractivity contribution in [3.63, 3.8) is 0 Å². The molecule has 0 aromatic heterocycles. The maximum Gasteiger partial charge on any atom is 0.304 e. The first-order chi connectivity index (χ1) is 17.4. The SMILES string of the molecule is Cc1ccc(Cc2cccc(NC(=O)[C@H](C)NC(=O)[C@H](C)NC(=O)CNC(=O)C(S)CC(=O)O)c2)cc1. The molecule has 0 aliphatic carbocycles. The van der Waals surface area contributed by atoms with E-state index in [0.717, 1.165) is 11.1 Å². The van der Waals surface area contributed by atoms with Crippen molar-refractivity contribution in [2.45, 2.75) is 50.9 Å². The van der Waals surface area contributed by atoms with E-state index >= 15 is 0 Å². The minimum Gasteiger partial charge on any atom is -0.481 e. The highest BCUT2D eigenvalue weighted by atomic mass is 32.1. The normalized spacial score (nSPS) is 13.0. The zero-order valence-corrected chi connectivity index (χ0v) is 21.8. The van der Waals surface area contributed by atoms with Crippen LogP contribution in [0, 0.1) is 6.92 Å². The maximum absolute atomic E-state index is 12.6. The first kappa shape index (κ1) is 29.4. The van der Waals surface area contributed by atoms with Crippen molar-refractivity contribution >= 4 is 47.9 Å². The Labute approximate surface area is 221 Å². The van der Waals surface area contributed by atoms with Gasteiger partial charge in [-0.05, 0) is 50.5 Å². The summed E-state index contributed by atoms with van der Waals surface area (Å²) >= 11 is 3.87. The van der Waals surface area contributed by atoms with E-state index in [4.69, 9.17) is 5.11 Å². The van der Waals surface area contributed by atoms with Crippen LogP contribution in [-0.4, -0.2) is 58.6 Å². The molecule has 0 fully saturated rings. The molecule has 2 aromatic rings. The van der Waals surface area contributed by atoms with Gasteiger partial charge in [-0.3, -0.25) is 24.0 Å². The summed E-state index contributed by atoms with van der Waals surface area (Å²) in [5.41, 5.74) is 3.95. The van der Waals surface area contributed by atoms with Gasteiger partial charge >= 0.3 is 5.97 Å². The summed E-state index contributed by atoms with van der Waals surface area (Å²) in [6.45, 7) is 4.52. The molecule has 0 bridgehead atoms. The molecule has 0 saturated carbocycles. The van der Waals surface area contributed by atoms with Crippen molar-refractivity contribution in [3.8, 4) is 0 Å². The Bertz CT molecular complexity index is 1140. The van der Waals surface area contributed by atoms with Crippen LogP contribution >= 0.6 is 12.6 Å². The Hall–Kier alpha value is -3.86. The Balaban J connectivity index is 1.81. The third kappa shape index (κ3) is 10.3. The minimum absolute atomic E-state index is 0.426. The Morgan fingerprint density at radius 3 is 2.16 bits per heavy atom. The monoisotopic (exact) mass is 528 g/mol. The smallest absolute Gasteiger partial charge is 0.304 e. The average molecular weight is 529 g/mol. The number of carboxylic acids is 1. The molecule has 3 atom stereocenters. The van der Waals surface area contributed by atoms with E-state index in [1.54, 1.807) is 6.07 Å². The number of hydrogen-bond donors (Lipinski definition) is 6. The number of thiol groups is 1. The zero-order valence-electron chi connectivity index (χ0n) is 20.9. The fourth-order valence-electron chi connectivity index (χ4n) is 3.26.